The number of amides is 2. The number of benzene rings is 3. The average Bonchev–Trinajstić information content (AvgIpc) is 3.12. The fourth-order valence-corrected chi connectivity index (χ4v) is 3.54. The number of aryl methyl sites for hydroxylation is 1. The SMILES string of the molecule is Cc1cc(NC(=O)COc2ccc3ccccc3c2)ccc1N1CCCC1=O. The molecule has 2 amide bonds. The van der Waals surface area contributed by atoms with E-state index in [4.69, 9.17) is 4.74 Å². The molecule has 1 N–H and O–H groups in total. The molecule has 3 aromatic rings. The number of nitrogens with one attached hydrogen (secondary N) is 1. The first-order chi connectivity index (χ1) is 13.6. The van der Waals surface area contributed by atoms with E-state index in [-0.39, 0.29) is 18.4 Å². The fraction of sp³-hybridized carbons (Fsp3) is 0.217. The maximum absolute atomic E-state index is 12.3. The second-order valence-corrected chi connectivity index (χ2v) is 7.00. The molecule has 3 aromatic carbocycles. The molecule has 142 valence electrons. The molecule has 1 saturated heterocycles. The third-order valence-electron chi connectivity index (χ3n) is 4.94. The van der Waals surface area contributed by atoms with Crippen molar-refractivity contribution in [1.29, 1.82) is 0 Å². The number of carbonyl (C=O) groups is 2. The Morgan fingerprint density at radius 1 is 1.07 bits per heavy atom. The molecule has 1 fully saturated rings. The predicted molar refractivity (Wildman–Crippen MR) is 111 cm³/mol. The number of hydrogen-bond donors (Lipinski definition) is 1. The lowest BCUT2D eigenvalue weighted by Gasteiger charge is -2.19. The fourth-order valence-electron chi connectivity index (χ4n) is 3.54. The van der Waals surface area contributed by atoms with Gasteiger partial charge in [-0.1, -0.05) is 30.3 Å². The molecule has 0 atom stereocenters. The predicted octanol–water partition coefficient (Wildman–Crippen LogP) is 4.29. The van der Waals surface area contributed by atoms with Gasteiger partial charge in [-0.2, -0.15) is 0 Å². The Morgan fingerprint density at radius 3 is 2.64 bits per heavy atom. The van der Waals surface area contributed by atoms with E-state index in [2.05, 4.69) is 5.32 Å². The highest BCUT2D eigenvalue weighted by Gasteiger charge is 2.23. The maximum atomic E-state index is 12.3. The van der Waals surface area contributed by atoms with Crippen LogP contribution in [-0.4, -0.2) is 25.0 Å². The van der Waals surface area contributed by atoms with Crippen LogP contribution in [-0.2, 0) is 9.59 Å². The smallest absolute Gasteiger partial charge is 0.262 e. The van der Waals surface area contributed by atoms with Crippen LogP contribution in [0.2, 0.25) is 0 Å². The molecule has 0 saturated carbocycles. The van der Waals surface area contributed by atoms with Crippen LogP contribution in [0.4, 0.5) is 11.4 Å². The number of anilines is 2. The van der Waals surface area contributed by atoms with Gasteiger partial charge in [-0.05, 0) is 60.0 Å². The Labute approximate surface area is 163 Å². The molecule has 0 bridgehead atoms. The molecule has 0 radical (unpaired) electrons. The summed E-state index contributed by atoms with van der Waals surface area (Å²) < 4.78 is 5.63. The van der Waals surface area contributed by atoms with Crippen molar-refractivity contribution >= 4 is 34.0 Å². The van der Waals surface area contributed by atoms with Crippen molar-refractivity contribution < 1.29 is 14.3 Å². The normalized spacial score (nSPS) is 13.8. The van der Waals surface area contributed by atoms with Crippen molar-refractivity contribution in [3.8, 4) is 5.75 Å². The molecular weight excluding hydrogens is 352 g/mol. The number of rotatable bonds is 5. The molecule has 1 aliphatic rings. The Kier molecular flexibility index (Phi) is 4.98. The van der Waals surface area contributed by atoms with Gasteiger partial charge >= 0.3 is 0 Å². The molecule has 5 heteroatoms. The van der Waals surface area contributed by atoms with Crippen LogP contribution in [0.25, 0.3) is 10.8 Å². The summed E-state index contributed by atoms with van der Waals surface area (Å²) in [7, 11) is 0. The van der Waals surface area contributed by atoms with E-state index in [1.807, 2.05) is 72.5 Å². The molecule has 0 aromatic heterocycles. The number of ether oxygens (including phenoxy) is 1. The van der Waals surface area contributed by atoms with E-state index in [1.54, 1.807) is 0 Å². The van der Waals surface area contributed by atoms with Crippen LogP contribution in [0.3, 0.4) is 0 Å². The molecule has 1 aliphatic heterocycles. The second-order valence-electron chi connectivity index (χ2n) is 7.00. The number of nitrogens with zero attached hydrogens (tertiary/aromatic N) is 1. The summed E-state index contributed by atoms with van der Waals surface area (Å²) >= 11 is 0. The van der Waals surface area contributed by atoms with Crippen LogP contribution in [0.1, 0.15) is 18.4 Å². The molecule has 0 unspecified atom stereocenters. The summed E-state index contributed by atoms with van der Waals surface area (Å²) in [5.41, 5.74) is 2.57. The zero-order valence-corrected chi connectivity index (χ0v) is 15.8. The summed E-state index contributed by atoms with van der Waals surface area (Å²) in [5, 5.41) is 5.05. The van der Waals surface area contributed by atoms with Crippen molar-refractivity contribution in [3.63, 3.8) is 0 Å². The Bertz CT molecular complexity index is 1040. The van der Waals surface area contributed by atoms with Crippen molar-refractivity contribution in [2.45, 2.75) is 19.8 Å². The third kappa shape index (κ3) is 3.83. The molecule has 28 heavy (non-hydrogen) atoms. The van der Waals surface area contributed by atoms with Crippen LogP contribution >= 0.6 is 0 Å². The number of fused-ring (bicyclic) bond motifs is 1. The quantitative estimate of drug-likeness (QED) is 0.725. The third-order valence-corrected chi connectivity index (χ3v) is 4.94. The van der Waals surface area contributed by atoms with Crippen LogP contribution in [0.15, 0.2) is 60.7 Å². The number of carbonyl (C=O) groups excluding carboxylic acids is 2. The highest BCUT2D eigenvalue weighted by atomic mass is 16.5. The van der Waals surface area contributed by atoms with E-state index in [0.29, 0.717) is 17.9 Å². The standard InChI is InChI=1S/C23H22N2O3/c1-16-13-19(9-11-21(16)25-12-4-7-23(25)27)24-22(26)15-28-20-10-8-17-5-2-3-6-18(17)14-20/h2-3,5-6,8-11,13-14H,4,7,12,15H2,1H3,(H,24,26). The zero-order chi connectivity index (χ0) is 19.5. The first-order valence-corrected chi connectivity index (χ1v) is 9.43. The van der Waals surface area contributed by atoms with Gasteiger partial charge in [0.2, 0.25) is 5.91 Å². The lowest BCUT2D eigenvalue weighted by atomic mass is 10.1. The van der Waals surface area contributed by atoms with E-state index in [1.165, 1.54) is 0 Å². The van der Waals surface area contributed by atoms with Gasteiger partial charge in [0.15, 0.2) is 6.61 Å². The van der Waals surface area contributed by atoms with Gasteiger partial charge in [0.25, 0.3) is 5.91 Å². The lowest BCUT2D eigenvalue weighted by Crippen LogP contribution is -2.24. The van der Waals surface area contributed by atoms with Gasteiger partial charge in [-0.3, -0.25) is 9.59 Å². The monoisotopic (exact) mass is 374 g/mol. The summed E-state index contributed by atoms with van der Waals surface area (Å²) in [6.45, 7) is 2.64. The van der Waals surface area contributed by atoms with Crippen LogP contribution < -0.4 is 15.0 Å². The summed E-state index contributed by atoms with van der Waals surface area (Å²) in [6, 6.07) is 19.4. The highest BCUT2D eigenvalue weighted by Crippen LogP contribution is 2.27. The molecule has 5 nitrogen and oxygen atoms in total. The molecule has 1 heterocycles. The molecule has 4 rings (SSSR count). The summed E-state index contributed by atoms with van der Waals surface area (Å²) in [6.07, 6.45) is 1.49. The van der Waals surface area contributed by atoms with Crippen molar-refractivity contribution in [2.75, 3.05) is 23.4 Å². The highest BCUT2D eigenvalue weighted by molar-refractivity contribution is 5.97. The summed E-state index contributed by atoms with van der Waals surface area (Å²) in [5.74, 6) is 0.592. The van der Waals surface area contributed by atoms with Gasteiger partial charge in [-0.15, -0.1) is 0 Å². The topological polar surface area (TPSA) is 58.6 Å². The van der Waals surface area contributed by atoms with E-state index < -0.39 is 0 Å². The first-order valence-electron chi connectivity index (χ1n) is 9.43. The van der Waals surface area contributed by atoms with Gasteiger partial charge in [-0.25, -0.2) is 0 Å². The second kappa shape index (κ2) is 7.72. The minimum absolute atomic E-state index is 0.0657. The van der Waals surface area contributed by atoms with Crippen molar-refractivity contribution in [1.82, 2.24) is 0 Å². The molecule has 0 spiro atoms. The maximum Gasteiger partial charge on any atom is 0.262 e. The Morgan fingerprint density at radius 2 is 1.89 bits per heavy atom. The van der Waals surface area contributed by atoms with E-state index in [0.717, 1.165) is 35.0 Å². The minimum Gasteiger partial charge on any atom is -0.484 e. The number of hydrogen-bond acceptors (Lipinski definition) is 3. The summed E-state index contributed by atoms with van der Waals surface area (Å²) in [4.78, 5) is 26.0. The zero-order valence-electron chi connectivity index (χ0n) is 15.8. The van der Waals surface area contributed by atoms with Gasteiger partial charge in [0, 0.05) is 24.3 Å². The van der Waals surface area contributed by atoms with Crippen molar-refractivity contribution in [3.05, 3.63) is 66.2 Å². The van der Waals surface area contributed by atoms with Crippen LogP contribution in [0, 0.1) is 6.92 Å². The first kappa shape index (κ1) is 18.0. The van der Waals surface area contributed by atoms with E-state index in [9.17, 15) is 9.59 Å². The lowest BCUT2D eigenvalue weighted by molar-refractivity contribution is -0.118. The Hall–Kier alpha value is -3.34. The van der Waals surface area contributed by atoms with Crippen molar-refractivity contribution in [2.24, 2.45) is 0 Å². The minimum atomic E-state index is -0.224. The van der Waals surface area contributed by atoms with Crippen LogP contribution in [0.5, 0.6) is 5.75 Å². The molecular formula is C23H22N2O3. The van der Waals surface area contributed by atoms with Gasteiger partial charge < -0.3 is 15.0 Å². The van der Waals surface area contributed by atoms with Gasteiger partial charge in [0.1, 0.15) is 5.75 Å². The average molecular weight is 374 g/mol. The molecule has 0 aliphatic carbocycles. The largest absolute Gasteiger partial charge is 0.484 e. The van der Waals surface area contributed by atoms with E-state index >= 15 is 0 Å². The van der Waals surface area contributed by atoms with Gasteiger partial charge in [0.05, 0.1) is 0 Å². The Balaban J connectivity index is 1.37.